The van der Waals surface area contributed by atoms with Crippen molar-refractivity contribution < 1.29 is 5.11 Å². The van der Waals surface area contributed by atoms with Crippen molar-refractivity contribution in [2.24, 2.45) is 0 Å². The maximum absolute atomic E-state index is 10.1. The summed E-state index contributed by atoms with van der Waals surface area (Å²) in [7, 11) is 0. The molecule has 0 fully saturated rings. The van der Waals surface area contributed by atoms with Crippen molar-refractivity contribution in [2.45, 2.75) is 51.8 Å². The van der Waals surface area contributed by atoms with Crippen molar-refractivity contribution in [3.63, 3.8) is 0 Å². The summed E-state index contributed by atoms with van der Waals surface area (Å²) in [5, 5.41) is 20.3. The van der Waals surface area contributed by atoms with Crippen molar-refractivity contribution in [1.29, 1.82) is 0 Å². The van der Waals surface area contributed by atoms with Gasteiger partial charge in [-0.3, -0.25) is 4.98 Å². The van der Waals surface area contributed by atoms with Crippen LogP contribution in [-0.4, -0.2) is 16.1 Å². The Morgan fingerprint density at radius 3 is 2.81 bits per heavy atom. The molecule has 3 rings (SSSR count). The molecule has 0 saturated heterocycles. The van der Waals surface area contributed by atoms with Gasteiger partial charge in [-0.25, -0.2) is 0 Å². The van der Waals surface area contributed by atoms with Crippen molar-refractivity contribution in [3.05, 3.63) is 64.1 Å². The SMILES string of the molecule is Cc1cncc2ccc(CN[C@H](C)CCCC(O)c3ccsc3)cc12.Cl. The molecule has 2 N–H and O–H groups in total. The standard InChI is InChI=1S/C21H26N2OS.ClH/c1-15-11-22-13-18-7-6-17(10-20(15)18)12-23-16(2)4-3-5-21(24)19-8-9-25-14-19;/h6-11,13-14,16,21,23-24H,3-5,12H2,1-2H3;1H/t16-,21?;/m1./s1. The summed E-state index contributed by atoms with van der Waals surface area (Å²) in [4.78, 5) is 4.25. The lowest BCUT2D eigenvalue weighted by molar-refractivity contribution is 0.163. The van der Waals surface area contributed by atoms with E-state index in [1.165, 1.54) is 21.9 Å². The van der Waals surface area contributed by atoms with Gasteiger partial charge in [0.05, 0.1) is 6.10 Å². The minimum atomic E-state index is -0.324. The lowest BCUT2D eigenvalue weighted by Crippen LogP contribution is -2.25. The van der Waals surface area contributed by atoms with E-state index in [-0.39, 0.29) is 18.5 Å². The second-order valence-electron chi connectivity index (χ2n) is 6.80. The highest BCUT2D eigenvalue weighted by atomic mass is 35.5. The molecular weight excluding hydrogens is 364 g/mol. The number of pyridine rings is 1. The third-order valence-electron chi connectivity index (χ3n) is 4.72. The minimum Gasteiger partial charge on any atom is -0.388 e. The smallest absolute Gasteiger partial charge is 0.0798 e. The van der Waals surface area contributed by atoms with Gasteiger partial charge in [0.25, 0.3) is 0 Å². The van der Waals surface area contributed by atoms with Gasteiger partial charge in [-0.05, 0) is 78.1 Å². The third-order valence-corrected chi connectivity index (χ3v) is 5.42. The number of aryl methyl sites for hydroxylation is 1. The highest BCUT2D eigenvalue weighted by Gasteiger charge is 2.09. The molecule has 26 heavy (non-hydrogen) atoms. The van der Waals surface area contributed by atoms with E-state index in [0.717, 1.165) is 31.4 Å². The Bertz CT molecular complexity index is 807. The summed E-state index contributed by atoms with van der Waals surface area (Å²) in [5.74, 6) is 0. The van der Waals surface area contributed by atoms with Crippen molar-refractivity contribution in [1.82, 2.24) is 10.3 Å². The maximum Gasteiger partial charge on any atom is 0.0798 e. The van der Waals surface area contributed by atoms with E-state index in [0.29, 0.717) is 6.04 Å². The molecule has 0 amide bonds. The van der Waals surface area contributed by atoms with Crippen LogP contribution in [0.3, 0.4) is 0 Å². The second-order valence-corrected chi connectivity index (χ2v) is 7.58. The molecule has 2 aromatic heterocycles. The first kappa shape index (κ1) is 20.8. The molecule has 0 bridgehead atoms. The minimum absolute atomic E-state index is 0. The number of hydrogen-bond donors (Lipinski definition) is 2. The van der Waals surface area contributed by atoms with E-state index >= 15 is 0 Å². The third kappa shape index (κ3) is 5.52. The second kappa shape index (κ2) is 10.0. The number of hydrogen-bond acceptors (Lipinski definition) is 4. The van der Waals surface area contributed by atoms with Gasteiger partial charge in [-0.2, -0.15) is 11.3 Å². The van der Waals surface area contributed by atoms with Crippen molar-refractivity contribution >= 4 is 34.5 Å². The number of aliphatic hydroxyl groups excluding tert-OH is 1. The number of aromatic nitrogens is 1. The quantitative estimate of drug-likeness (QED) is 0.540. The van der Waals surface area contributed by atoms with E-state index in [9.17, 15) is 5.11 Å². The molecule has 0 aliphatic carbocycles. The average molecular weight is 391 g/mol. The highest BCUT2D eigenvalue weighted by Crippen LogP contribution is 2.22. The van der Waals surface area contributed by atoms with Gasteiger partial charge in [-0.15, -0.1) is 12.4 Å². The van der Waals surface area contributed by atoms with E-state index in [1.54, 1.807) is 11.3 Å². The molecule has 0 spiro atoms. The number of benzene rings is 1. The number of rotatable bonds is 8. The number of halogens is 1. The van der Waals surface area contributed by atoms with Gasteiger partial charge in [0, 0.05) is 30.4 Å². The van der Waals surface area contributed by atoms with Gasteiger partial charge < -0.3 is 10.4 Å². The fourth-order valence-electron chi connectivity index (χ4n) is 3.11. The molecular formula is C21H27ClN2OS. The maximum atomic E-state index is 10.1. The van der Waals surface area contributed by atoms with E-state index in [4.69, 9.17) is 0 Å². The van der Waals surface area contributed by atoms with Crippen LogP contribution in [-0.2, 0) is 6.54 Å². The van der Waals surface area contributed by atoms with Gasteiger partial charge in [0.15, 0.2) is 0 Å². The van der Waals surface area contributed by atoms with Gasteiger partial charge in [0.1, 0.15) is 0 Å². The Kier molecular flexibility index (Phi) is 8.04. The van der Waals surface area contributed by atoms with Crippen LogP contribution >= 0.6 is 23.7 Å². The number of nitrogens with one attached hydrogen (secondary N) is 1. The lowest BCUT2D eigenvalue weighted by Gasteiger charge is -2.15. The fraction of sp³-hybridized carbons (Fsp3) is 0.381. The number of thiophene rings is 1. The normalized spacial score (nSPS) is 13.3. The molecule has 0 saturated carbocycles. The Balaban J connectivity index is 0.00000243. The lowest BCUT2D eigenvalue weighted by atomic mass is 10.0. The molecule has 0 aliphatic heterocycles. The van der Waals surface area contributed by atoms with E-state index in [2.05, 4.69) is 42.3 Å². The number of aliphatic hydroxyl groups is 1. The van der Waals surface area contributed by atoms with Crippen LogP contribution in [0.25, 0.3) is 10.8 Å². The molecule has 1 unspecified atom stereocenters. The summed E-state index contributed by atoms with van der Waals surface area (Å²) < 4.78 is 0. The van der Waals surface area contributed by atoms with Crippen LogP contribution in [0, 0.1) is 6.92 Å². The fourth-order valence-corrected chi connectivity index (χ4v) is 3.82. The first-order valence-corrected chi connectivity index (χ1v) is 9.84. The molecule has 140 valence electrons. The Morgan fingerprint density at radius 2 is 2.04 bits per heavy atom. The number of nitrogens with zero attached hydrogens (tertiary/aromatic N) is 1. The van der Waals surface area contributed by atoms with Crippen LogP contribution in [0.1, 0.15) is 49.0 Å². The average Bonchev–Trinajstić information content (AvgIpc) is 3.15. The zero-order chi connectivity index (χ0) is 17.6. The predicted octanol–water partition coefficient (Wildman–Crippen LogP) is 5.41. The molecule has 3 nitrogen and oxygen atoms in total. The zero-order valence-electron chi connectivity index (χ0n) is 15.3. The molecule has 1 aromatic carbocycles. The molecule has 0 radical (unpaired) electrons. The van der Waals surface area contributed by atoms with Gasteiger partial charge >= 0.3 is 0 Å². The molecule has 2 heterocycles. The Morgan fingerprint density at radius 1 is 1.19 bits per heavy atom. The van der Waals surface area contributed by atoms with Gasteiger partial charge in [0.2, 0.25) is 0 Å². The van der Waals surface area contributed by atoms with Crippen LogP contribution in [0.4, 0.5) is 0 Å². The van der Waals surface area contributed by atoms with E-state index in [1.807, 2.05) is 29.2 Å². The van der Waals surface area contributed by atoms with Gasteiger partial charge in [-0.1, -0.05) is 12.1 Å². The Labute approximate surface area is 165 Å². The molecule has 5 heteroatoms. The van der Waals surface area contributed by atoms with Crippen LogP contribution in [0.15, 0.2) is 47.4 Å². The summed E-state index contributed by atoms with van der Waals surface area (Å²) >= 11 is 1.64. The van der Waals surface area contributed by atoms with Crippen molar-refractivity contribution in [3.8, 4) is 0 Å². The summed E-state index contributed by atoms with van der Waals surface area (Å²) in [6.07, 6.45) is 6.42. The summed E-state index contributed by atoms with van der Waals surface area (Å²) in [6, 6.07) is 9.02. The monoisotopic (exact) mass is 390 g/mol. The first-order chi connectivity index (χ1) is 12.1. The first-order valence-electron chi connectivity index (χ1n) is 8.90. The van der Waals surface area contributed by atoms with E-state index < -0.39 is 0 Å². The zero-order valence-corrected chi connectivity index (χ0v) is 16.9. The molecule has 3 aromatic rings. The van der Waals surface area contributed by atoms with Crippen LogP contribution in [0.5, 0.6) is 0 Å². The highest BCUT2D eigenvalue weighted by molar-refractivity contribution is 7.07. The van der Waals surface area contributed by atoms with Crippen molar-refractivity contribution in [2.75, 3.05) is 0 Å². The van der Waals surface area contributed by atoms with Crippen LogP contribution in [0.2, 0.25) is 0 Å². The Hall–Kier alpha value is -1.46. The van der Waals surface area contributed by atoms with Crippen LogP contribution < -0.4 is 5.32 Å². The topological polar surface area (TPSA) is 45.2 Å². The molecule has 0 aliphatic rings. The largest absolute Gasteiger partial charge is 0.388 e. The summed E-state index contributed by atoms with van der Waals surface area (Å²) in [5.41, 5.74) is 3.56. The number of fused-ring (bicyclic) bond motifs is 1. The summed E-state index contributed by atoms with van der Waals surface area (Å²) in [6.45, 7) is 5.19. The predicted molar refractivity (Wildman–Crippen MR) is 113 cm³/mol. The molecule has 2 atom stereocenters.